The molecule has 2 amide bonds. The Balaban J connectivity index is 2.11. The zero-order valence-electron chi connectivity index (χ0n) is 13.3. The van der Waals surface area contributed by atoms with E-state index in [0.717, 1.165) is 0 Å². The third-order valence-corrected chi connectivity index (χ3v) is 4.14. The van der Waals surface area contributed by atoms with Crippen molar-refractivity contribution in [3.63, 3.8) is 0 Å². The lowest BCUT2D eigenvalue weighted by Crippen LogP contribution is -2.42. The SMILES string of the molecule is COCCN(CC(=O)O)C(=O)C1CC(=O)N(c2ccccc2Cl)C1. The van der Waals surface area contributed by atoms with E-state index in [0.29, 0.717) is 10.7 Å². The van der Waals surface area contributed by atoms with Gasteiger partial charge in [0, 0.05) is 26.6 Å². The molecule has 1 aliphatic heterocycles. The second-order valence-electron chi connectivity index (χ2n) is 5.50. The number of hydrogen-bond acceptors (Lipinski definition) is 4. The lowest BCUT2D eigenvalue weighted by Gasteiger charge is -2.24. The standard InChI is InChI=1S/C16H19ClN2O5/c1-24-7-6-18(10-15(21)22)16(23)11-8-14(20)19(9-11)13-5-3-2-4-12(13)17/h2-5,11H,6-10H2,1H3,(H,21,22). The molecular weight excluding hydrogens is 336 g/mol. The van der Waals surface area contributed by atoms with Crippen LogP contribution < -0.4 is 4.90 Å². The van der Waals surface area contributed by atoms with Crippen molar-refractivity contribution in [2.75, 3.05) is 38.3 Å². The van der Waals surface area contributed by atoms with E-state index in [2.05, 4.69) is 0 Å². The predicted octanol–water partition coefficient (Wildman–Crippen LogP) is 1.25. The zero-order valence-corrected chi connectivity index (χ0v) is 14.0. The average molecular weight is 355 g/mol. The fourth-order valence-electron chi connectivity index (χ4n) is 2.67. The van der Waals surface area contributed by atoms with Gasteiger partial charge in [0.05, 0.1) is 23.2 Å². The number of carbonyl (C=O) groups excluding carboxylic acids is 2. The molecule has 1 aromatic rings. The largest absolute Gasteiger partial charge is 0.480 e. The third kappa shape index (κ3) is 4.24. The summed E-state index contributed by atoms with van der Waals surface area (Å²) in [5.74, 6) is -2.27. The molecule has 24 heavy (non-hydrogen) atoms. The van der Waals surface area contributed by atoms with Crippen LogP contribution in [0.3, 0.4) is 0 Å². The highest BCUT2D eigenvalue weighted by Gasteiger charge is 2.38. The quantitative estimate of drug-likeness (QED) is 0.796. The predicted molar refractivity (Wildman–Crippen MR) is 88.0 cm³/mol. The van der Waals surface area contributed by atoms with Crippen LogP contribution in [0.25, 0.3) is 0 Å². The number of benzene rings is 1. The van der Waals surface area contributed by atoms with Gasteiger partial charge in [-0.25, -0.2) is 0 Å². The molecule has 1 fully saturated rings. The summed E-state index contributed by atoms with van der Waals surface area (Å²) in [4.78, 5) is 38.5. The minimum atomic E-state index is -1.10. The van der Waals surface area contributed by atoms with Crippen LogP contribution in [0, 0.1) is 5.92 Å². The summed E-state index contributed by atoms with van der Waals surface area (Å²) in [6, 6.07) is 6.91. The molecule has 0 saturated carbocycles. The van der Waals surface area contributed by atoms with Crippen LogP contribution in [0.1, 0.15) is 6.42 Å². The minimum Gasteiger partial charge on any atom is -0.480 e. The number of carbonyl (C=O) groups is 3. The first-order chi connectivity index (χ1) is 11.4. The number of amides is 2. The Labute approximate surface area is 144 Å². The van der Waals surface area contributed by atoms with Gasteiger partial charge in [-0.1, -0.05) is 23.7 Å². The van der Waals surface area contributed by atoms with Crippen molar-refractivity contribution in [2.45, 2.75) is 6.42 Å². The summed E-state index contributed by atoms with van der Waals surface area (Å²) in [6.45, 7) is 0.163. The van der Waals surface area contributed by atoms with Crippen molar-refractivity contribution in [2.24, 2.45) is 5.92 Å². The van der Waals surface area contributed by atoms with E-state index in [1.54, 1.807) is 24.3 Å². The second-order valence-corrected chi connectivity index (χ2v) is 5.91. The van der Waals surface area contributed by atoms with Gasteiger partial charge in [0.25, 0.3) is 0 Å². The molecule has 1 unspecified atom stereocenters. The summed E-state index contributed by atoms with van der Waals surface area (Å²) >= 11 is 6.11. The second kappa shape index (κ2) is 8.12. The van der Waals surface area contributed by atoms with Crippen LogP contribution in [0.4, 0.5) is 5.69 Å². The fourth-order valence-corrected chi connectivity index (χ4v) is 2.90. The fraction of sp³-hybridized carbons (Fsp3) is 0.438. The van der Waals surface area contributed by atoms with E-state index in [9.17, 15) is 14.4 Å². The minimum absolute atomic E-state index is 0.0349. The molecule has 1 N–H and O–H groups in total. The third-order valence-electron chi connectivity index (χ3n) is 3.82. The number of methoxy groups -OCH3 is 1. The highest BCUT2D eigenvalue weighted by molar-refractivity contribution is 6.33. The van der Waals surface area contributed by atoms with Gasteiger partial charge in [0.2, 0.25) is 11.8 Å². The van der Waals surface area contributed by atoms with Gasteiger partial charge in [-0.3, -0.25) is 14.4 Å². The first-order valence-corrected chi connectivity index (χ1v) is 7.86. The molecule has 1 saturated heterocycles. The highest BCUT2D eigenvalue weighted by atomic mass is 35.5. The number of halogens is 1. The lowest BCUT2D eigenvalue weighted by molar-refractivity contribution is -0.146. The summed E-state index contributed by atoms with van der Waals surface area (Å²) < 4.78 is 4.91. The average Bonchev–Trinajstić information content (AvgIpc) is 2.92. The van der Waals surface area contributed by atoms with Gasteiger partial charge in [-0.2, -0.15) is 0 Å². The number of nitrogens with zero attached hydrogens (tertiary/aromatic N) is 2. The van der Waals surface area contributed by atoms with Gasteiger partial charge in [-0.15, -0.1) is 0 Å². The van der Waals surface area contributed by atoms with Gasteiger partial charge < -0.3 is 19.6 Å². The number of rotatable bonds is 7. The molecule has 130 valence electrons. The maximum absolute atomic E-state index is 12.6. The summed E-state index contributed by atoms with van der Waals surface area (Å²) in [7, 11) is 1.47. The normalized spacial score (nSPS) is 17.2. The van der Waals surface area contributed by atoms with E-state index in [4.69, 9.17) is 21.4 Å². The van der Waals surface area contributed by atoms with Crippen molar-refractivity contribution < 1.29 is 24.2 Å². The Kier molecular flexibility index (Phi) is 6.16. The number of ether oxygens (including phenoxy) is 1. The molecule has 0 bridgehead atoms. The molecular formula is C16H19ClN2O5. The van der Waals surface area contributed by atoms with Gasteiger partial charge in [0.15, 0.2) is 0 Å². The van der Waals surface area contributed by atoms with Crippen LogP contribution in [-0.2, 0) is 19.1 Å². The molecule has 0 radical (unpaired) electrons. The van der Waals surface area contributed by atoms with Crippen LogP contribution in [-0.4, -0.2) is 61.1 Å². The van der Waals surface area contributed by atoms with Crippen molar-refractivity contribution >= 4 is 35.1 Å². The number of hydrogen-bond donors (Lipinski definition) is 1. The van der Waals surface area contributed by atoms with E-state index in [-0.39, 0.29) is 37.9 Å². The van der Waals surface area contributed by atoms with E-state index in [1.807, 2.05) is 0 Å². The molecule has 2 rings (SSSR count). The van der Waals surface area contributed by atoms with Crippen molar-refractivity contribution in [3.8, 4) is 0 Å². The smallest absolute Gasteiger partial charge is 0.323 e. The van der Waals surface area contributed by atoms with Gasteiger partial charge in [-0.05, 0) is 12.1 Å². The first kappa shape index (κ1) is 18.2. The van der Waals surface area contributed by atoms with Crippen LogP contribution in [0.2, 0.25) is 5.02 Å². The maximum atomic E-state index is 12.6. The number of carboxylic acid groups (broad SMARTS) is 1. The lowest BCUT2D eigenvalue weighted by atomic mass is 10.1. The summed E-state index contributed by atoms with van der Waals surface area (Å²) in [5, 5.41) is 9.40. The van der Waals surface area contributed by atoms with Crippen LogP contribution >= 0.6 is 11.6 Å². The summed E-state index contributed by atoms with van der Waals surface area (Å²) in [6.07, 6.45) is 0.0349. The van der Waals surface area contributed by atoms with Gasteiger partial charge in [0.1, 0.15) is 6.54 Å². The number of aliphatic carboxylic acids is 1. The van der Waals surface area contributed by atoms with E-state index in [1.165, 1.54) is 16.9 Å². The molecule has 1 atom stereocenters. The van der Waals surface area contributed by atoms with Crippen molar-refractivity contribution in [3.05, 3.63) is 29.3 Å². The van der Waals surface area contributed by atoms with E-state index >= 15 is 0 Å². The van der Waals surface area contributed by atoms with Crippen LogP contribution in [0.15, 0.2) is 24.3 Å². The molecule has 7 nitrogen and oxygen atoms in total. The Morgan fingerprint density at radius 3 is 2.75 bits per heavy atom. The van der Waals surface area contributed by atoms with Crippen LogP contribution in [0.5, 0.6) is 0 Å². The molecule has 1 heterocycles. The molecule has 1 aliphatic rings. The van der Waals surface area contributed by atoms with Gasteiger partial charge >= 0.3 is 5.97 Å². The first-order valence-electron chi connectivity index (χ1n) is 7.48. The Morgan fingerprint density at radius 1 is 1.42 bits per heavy atom. The molecule has 0 aromatic heterocycles. The molecule has 1 aromatic carbocycles. The topological polar surface area (TPSA) is 87.1 Å². The molecule has 0 aliphatic carbocycles. The zero-order chi connectivity index (χ0) is 17.7. The maximum Gasteiger partial charge on any atom is 0.323 e. The number of carboxylic acids is 1. The Morgan fingerprint density at radius 2 is 2.12 bits per heavy atom. The number of para-hydroxylation sites is 1. The monoisotopic (exact) mass is 354 g/mol. The Hall–Kier alpha value is -2.12. The van der Waals surface area contributed by atoms with Crippen molar-refractivity contribution in [1.82, 2.24) is 4.90 Å². The number of anilines is 1. The van der Waals surface area contributed by atoms with Crippen molar-refractivity contribution in [1.29, 1.82) is 0 Å². The molecule has 8 heteroatoms. The summed E-state index contributed by atoms with van der Waals surface area (Å²) in [5.41, 5.74) is 0.557. The highest BCUT2D eigenvalue weighted by Crippen LogP contribution is 2.31. The molecule has 0 spiro atoms. The Bertz CT molecular complexity index is 637. The van der Waals surface area contributed by atoms with E-state index < -0.39 is 18.4 Å².